The van der Waals surface area contributed by atoms with Gasteiger partial charge in [-0.25, -0.2) is 0 Å². The van der Waals surface area contributed by atoms with Crippen molar-refractivity contribution in [3.63, 3.8) is 0 Å². The van der Waals surface area contributed by atoms with Crippen LogP contribution >= 0.6 is 0 Å². The van der Waals surface area contributed by atoms with E-state index in [-0.39, 0.29) is 6.10 Å². The third kappa shape index (κ3) is 1.18. The van der Waals surface area contributed by atoms with Crippen LogP contribution in [0.25, 0.3) is 5.57 Å². The van der Waals surface area contributed by atoms with Crippen LogP contribution in [0, 0.1) is 5.92 Å². The van der Waals surface area contributed by atoms with Crippen LogP contribution in [-0.4, -0.2) is 6.10 Å². The smallest absolute Gasteiger partial charge is 0.131 e. The normalized spacial score (nSPS) is 27.3. The van der Waals surface area contributed by atoms with Gasteiger partial charge in [0, 0.05) is 22.8 Å². The van der Waals surface area contributed by atoms with Gasteiger partial charge in [-0.1, -0.05) is 31.2 Å². The zero-order valence-corrected chi connectivity index (χ0v) is 8.60. The van der Waals surface area contributed by atoms with Gasteiger partial charge in [-0.3, -0.25) is 0 Å². The van der Waals surface area contributed by atoms with Gasteiger partial charge >= 0.3 is 0 Å². The van der Waals surface area contributed by atoms with Gasteiger partial charge in [-0.05, 0) is 12.1 Å². The molecule has 0 saturated carbocycles. The lowest BCUT2D eigenvalue weighted by Crippen LogP contribution is -2.24. The zero-order chi connectivity index (χ0) is 10.4. The van der Waals surface area contributed by atoms with Gasteiger partial charge in [0.1, 0.15) is 11.9 Å². The van der Waals surface area contributed by atoms with E-state index in [1.54, 1.807) is 0 Å². The second-order valence-corrected chi connectivity index (χ2v) is 4.16. The highest BCUT2D eigenvalue weighted by Gasteiger charge is 2.33. The topological polar surface area (TPSA) is 35.2 Å². The van der Waals surface area contributed by atoms with Gasteiger partial charge < -0.3 is 10.5 Å². The molecule has 15 heavy (non-hydrogen) atoms. The molecule has 1 aromatic carbocycles. The van der Waals surface area contributed by atoms with Crippen LogP contribution in [0.1, 0.15) is 12.5 Å². The molecule has 2 N–H and O–H groups in total. The number of rotatable bonds is 0. The van der Waals surface area contributed by atoms with Crippen LogP contribution < -0.4 is 10.5 Å². The van der Waals surface area contributed by atoms with Crippen LogP contribution in [0.4, 0.5) is 0 Å². The Morgan fingerprint density at radius 2 is 2.07 bits per heavy atom. The molecule has 2 aliphatic rings. The third-order valence-electron chi connectivity index (χ3n) is 3.01. The van der Waals surface area contributed by atoms with Crippen molar-refractivity contribution < 1.29 is 4.74 Å². The molecular weight excluding hydrogens is 186 g/mol. The van der Waals surface area contributed by atoms with E-state index in [0.717, 1.165) is 11.4 Å². The predicted octanol–water partition coefficient (Wildman–Crippen LogP) is 2.32. The molecule has 0 spiro atoms. The van der Waals surface area contributed by atoms with Crippen molar-refractivity contribution in [1.82, 2.24) is 0 Å². The number of nitrogens with two attached hydrogens (primary N) is 1. The lowest BCUT2D eigenvalue weighted by molar-refractivity contribution is 0.235. The first-order valence-electron chi connectivity index (χ1n) is 5.20. The van der Waals surface area contributed by atoms with Crippen molar-refractivity contribution in [2.24, 2.45) is 11.7 Å². The van der Waals surface area contributed by atoms with Gasteiger partial charge in [0.15, 0.2) is 0 Å². The summed E-state index contributed by atoms with van der Waals surface area (Å²) < 4.78 is 5.90. The van der Waals surface area contributed by atoms with Crippen molar-refractivity contribution >= 4 is 5.57 Å². The average Bonchev–Trinajstić information content (AvgIpc) is 2.57. The molecule has 3 rings (SSSR count). The second kappa shape index (κ2) is 2.89. The molecule has 0 fully saturated rings. The number of fused-ring (bicyclic) bond motifs is 3. The molecule has 1 heterocycles. The second-order valence-electron chi connectivity index (χ2n) is 4.16. The summed E-state index contributed by atoms with van der Waals surface area (Å²) >= 11 is 0. The average molecular weight is 199 g/mol. The maximum Gasteiger partial charge on any atom is 0.131 e. The monoisotopic (exact) mass is 199 g/mol. The Labute approximate surface area is 89.0 Å². The number of hydrogen-bond donors (Lipinski definition) is 1. The quantitative estimate of drug-likeness (QED) is 0.696. The number of benzene rings is 1. The molecule has 0 amide bonds. The minimum Gasteiger partial charge on any atom is -0.484 e. The summed E-state index contributed by atoms with van der Waals surface area (Å²) in [5, 5.41) is 0. The molecule has 1 aliphatic heterocycles. The number of para-hydroxylation sites is 1. The van der Waals surface area contributed by atoms with Crippen LogP contribution in [0.15, 0.2) is 42.1 Å². The molecule has 1 aromatic rings. The van der Waals surface area contributed by atoms with Crippen molar-refractivity contribution in [2.75, 3.05) is 0 Å². The van der Waals surface area contributed by atoms with E-state index >= 15 is 0 Å². The van der Waals surface area contributed by atoms with E-state index in [9.17, 15) is 0 Å². The Balaban J connectivity index is 2.15. The number of ether oxygens (including phenoxy) is 1. The zero-order valence-electron chi connectivity index (χ0n) is 8.60. The van der Waals surface area contributed by atoms with Gasteiger partial charge in [0.25, 0.3) is 0 Å². The predicted molar refractivity (Wildman–Crippen MR) is 60.3 cm³/mol. The highest BCUT2D eigenvalue weighted by atomic mass is 16.5. The highest BCUT2D eigenvalue weighted by Crippen LogP contribution is 2.42. The van der Waals surface area contributed by atoms with Gasteiger partial charge in [0.05, 0.1) is 0 Å². The molecule has 1 aliphatic carbocycles. The van der Waals surface area contributed by atoms with Crippen molar-refractivity contribution in [1.29, 1.82) is 0 Å². The molecule has 2 atom stereocenters. The summed E-state index contributed by atoms with van der Waals surface area (Å²) in [6, 6.07) is 8.13. The Morgan fingerprint density at radius 3 is 2.93 bits per heavy atom. The van der Waals surface area contributed by atoms with E-state index in [1.165, 1.54) is 11.1 Å². The molecular formula is C13H13NO. The summed E-state index contributed by atoms with van der Waals surface area (Å²) in [4.78, 5) is 0. The summed E-state index contributed by atoms with van der Waals surface area (Å²) in [7, 11) is 0. The van der Waals surface area contributed by atoms with E-state index in [1.807, 2.05) is 24.3 Å². The summed E-state index contributed by atoms with van der Waals surface area (Å²) in [6.45, 7) is 2.14. The van der Waals surface area contributed by atoms with Crippen molar-refractivity contribution in [3.05, 3.63) is 47.7 Å². The molecule has 0 saturated heterocycles. The van der Waals surface area contributed by atoms with Gasteiger partial charge in [-0.15, -0.1) is 0 Å². The van der Waals surface area contributed by atoms with Gasteiger partial charge in [0.2, 0.25) is 0 Å². The van der Waals surface area contributed by atoms with Crippen LogP contribution in [0.3, 0.4) is 0 Å². The Kier molecular flexibility index (Phi) is 1.66. The van der Waals surface area contributed by atoms with Crippen molar-refractivity contribution in [2.45, 2.75) is 13.0 Å². The first kappa shape index (κ1) is 8.60. The molecule has 1 unspecified atom stereocenters. The first-order valence-corrected chi connectivity index (χ1v) is 5.20. The molecule has 0 aromatic heterocycles. The van der Waals surface area contributed by atoms with Crippen LogP contribution in [-0.2, 0) is 0 Å². The van der Waals surface area contributed by atoms with E-state index in [0.29, 0.717) is 5.92 Å². The van der Waals surface area contributed by atoms with Crippen LogP contribution in [0.2, 0.25) is 0 Å². The molecule has 0 bridgehead atoms. The number of hydrogen-bond acceptors (Lipinski definition) is 2. The van der Waals surface area contributed by atoms with Crippen molar-refractivity contribution in [3.8, 4) is 5.75 Å². The fraction of sp³-hybridized carbons (Fsp3) is 0.231. The highest BCUT2D eigenvalue weighted by molar-refractivity contribution is 5.80. The fourth-order valence-electron chi connectivity index (χ4n) is 2.33. The van der Waals surface area contributed by atoms with Crippen LogP contribution in [0.5, 0.6) is 5.75 Å². The standard InChI is InChI=1S/C13H13NO/c1-8-6-9(14)7-11-10-4-2-3-5-12(10)15-13(8)11/h2-8,13H,14H2,1H3/t8-,13?/m0/s1. The third-order valence-corrected chi connectivity index (χ3v) is 3.01. The molecule has 76 valence electrons. The fourth-order valence-corrected chi connectivity index (χ4v) is 2.33. The molecule has 2 nitrogen and oxygen atoms in total. The summed E-state index contributed by atoms with van der Waals surface area (Å²) in [5.41, 5.74) is 9.12. The summed E-state index contributed by atoms with van der Waals surface area (Å²) in [6.07, 6.45) is 4.23. The van der Waals surface area contributed by atoms with E-state index in [2.05, 4.69) is 19.1 Å². The SMILES string of the molecule is C[C@H]1C=C(N)C=C2c3ccccc3OC21. The maximum absolute atomic E-state index is 5.90. The minimum absolute atomic E-state index is 0.148. The largest absolute Gasteiger partial charge is 0.484 e. The molecule has 2 heteroatoms. The lowest BCUT2D eigenvalue weighted by atomic mass is 9.89. The van der Waals surface area contributed by atoms with Gasteiger partial charge in [-0.2, -0.15) is 0 Å². The molecule has 0 radical (unpaired) electrons. The Bertz CT molecular complexity index is 473. The maximum atomic E-state index is 5.90. The van der Waals surface area contributed by atoms with E-state index < -0.39 is 0 Å². The minimum atomic E-state index is 0.148. The summed E-state index contributed by atoms with van der Waals surface area (Å²) in [5.74, 6) is 1.32. The Morgan fingerprint density at radius 1 is 1.27 bits per heavy atom. The first-order chi connectivity index (χ1) is 7.25. The van der Waals surface area contributed by atoms with E-state index in [4.69, 9.17) is 10.5 Å². The lowest BCUT2D eigenvalue weighted by Gasteiger charge is -2.21. The Hall–Kier alpha value is -1.70. The number of allylic oxidation sites excluding steroid dienone is 1.